The molecule has 0 fully saturated rings. The van der Waals surface area contributed by atoms with Crippen molar-refractivity contribution in [2.24, 2.45) is 0 Å². The maximum Gasteiger partial charge on any atom is 0.122 e. The van der Waals surface area contributed by atoms with Gasteiger partial charge in [0.15, 0.2) is 0 Å². The third-order valence-corrected chi connectivity index (χ3v) is 2.80. The van der Waals surface area contributed by atoms with E-state index in [1.807, 2.05) is 54.6 Å². The fourth-order valence-corrected chi connectivity index (χ4v) is 1.88. The highest BCUT2D eigenvalue weighted by molar-refractivity contribution is 5.42. The van der Waals surface area contributed by atoms with Crippen LogP contribution in [0.1, 0.15) is 5.56 Å². The molecule has 0 saturated carbocycles. The number of ether oxygens (including phenoxy) is 1. The molecule has 2 aromatic carbocycles. The summed E-state index contributed by atoms with van der Waals surface area (Å²) < 4.78 is 5.80. The Bertz CT molecular complexity index is 508. The molecular formula is C17H19NO. The second kappa shape index (κ2) is 7.27. The molecule has 0 amide bonds. The average Bonchev–Trinajstić information content (AvgIpc) is 2.47. The van der Waals surface area contributed by atoms with E-state index in [2.05, 4.69) is 18.0 Å². The molecule has 0 aliphatic carbocycles. The molecule has 0 heterocycles. The van der Waals surface area contributed by atoms with Gasteiger partial charge >= 0.3 is 0 Å². The number of nitrogens with one attached hydrogen (secondary N) is 1. The van der Waals surface area contributed by atoms with Crippen molar-refractivity contribution in [1.82, 2.24) is 0 Å². The first-order valence-electron chi connectivity index (χ1n) is 6.50. The Labute approximate surface area is 114 Å². The van der Waals surface area contributed by atoms with Crippen LogP contribution in [0.5, 0.6) is 5.75 Å². The van der Waals surface area contributed by atoms with Crippen molar-refractivity contribution >= 4 is 5.69 Å². The fraction of sp³-hybridized carbons (Fsp3) is 0.176. The topological polar surface area (TPSA) is 21.3 Å². The Morgan fingerprint density at radius 3 is 2.53 bits per heavy atom. The SMILES string of the molecule is C=CCc1ccccc1OCCNc1ccccc1. The first-order valence-corrected chi connectivity index (χ1v) is 6.50. The van der Waals surface area contributed by atoms with Crippen LogP contribution in [-0.2, 0) is 6.42 Å². The van der Waals surface area contributed by atoms with E-state index < -0.39 is 0 Å². The van der Waals surface area contributed by atoms with Gasteiger partial charge in [0.2, 0.25) is 0 Å². The Hall–Kier alpha value is -2.22. The van der Waals surface area contributed by atoms with Crippen molar-refractivity contribution in [1.29, 1.82) is 0 Å². The molecular weight excluding hydrogens is 234 g/mol. The largest absolute Gasteiger partial charge is 0.491 e. The van der Waals surface area contributed by atoms with Gasteiger partial charge in [-0.2, -0.15) is 0 Å². The molecule has 2 rings (SSSR count). The molecule has 2 heteroatoms. The highest BCUT2D eigenvalue weighted by Crippen LogP contribution is 2.18. The summed E-state index contributed by atoms with van der Waals surface area (Å²) in [6.45, 7) is 5.19. The van der Waals surface area contributed by atoms with E-state index >= 15 is 0 Å². The summed E-state index contributed by atoms with van der Waals surface area (Å²) in [7, 11) is 0. The smallest absolute Gasteiger partial charge is 0.122 e. The average molecular weight is 253 g/mol. The summed E-state index contributed by atoms with van der Waals surface area (Å²) in [4.78, 5) is 0. The summed E-state index contributed by atoms with van der Waals surface area (Å²) in [5, 5.41) is 3.32. The van der Waals surface area contributed by atoms with Crippen LogP contribution in [0, 0.1) is 0 Å². The van der Waals surface area contributed by atoms with E-state index in [-0.39, 0.29) is 0 Å². The van der Waals surface area contributed by atoms with Crippen LogP contribution in [0.2, 0.25) is 0 Å². The third kappa shape index (κ3) is 4.18. The Morgan fingerprint density at radius 2 is 1.74 bits per heavy atom. The van der Waals surface area contributed by atoms with E-state index in [9.17, 15) is 0 Å². The van der Waals surface area contributed by atoms with E-state index in [1.54, 1.807) is 0 Å². The lowest BCUT2D eigenvalue weighted by atomic mass is 10.1. The van der Waals surface area contributed by atoms with Gasteiger partial charge in [0.05, 0.1) is 0 Å². The standard InChI is InChI=1S/C17H19NO/c1-2-8-15-9-6-7-12-17(15)19-14-13-18-16-10-4-3-5-11-16/h2-7,9-12,18H,1,8,13-14H2. The van der Waals surface area contributed by atoms with Gasteiger partial charge in [-0.1, -0.05) is 42.5 Å². The Kier molecular flexibility index (Phi) is 5.06. The van der Waals surface area contributed by atoms with Crippen molar-refractivity contribution in [2.45, 2.75) is 6.42 Å². The van der Waals surface area contributed by atoms with Crippen LogP contribution in [0.25, 0.3) is 0 Å². The molecule has 0 atom stereocenters. The van der Waals surface area contributed by atoms with Crippen molar-refractivity contribution in [3.8, 4) is 5.75 Å². The number of benzene rings is 2. The summed E-state index contributed by atoms with van der Waals surface area (Å²) >= 11 is 0. The highest BCUT2D eigenvalue weighted by atomic mass is 16.5. The van der Waals surface area contributed by atoms with Crippen molar-refractivity contribution in [3.63, 3.8) is 0 Å². The van der Waals surface area contributed by atoms with Crippen molar-refractivity contribution in [3.05, 3.63) is 72.8 Å². The minimum absolute atomic E-state index is 0.642. The fourth-order valence-electron chi connectivity index (χ4n) is 1.88. The second-order valence-electron chi connectivity index (χ2n) is 4.24. The molecule has 0 spiro atoms. The lowest BCUT2D eigenvalue weighted by Crippen LogP contribution is -2.12. The van der Waals surface area contributed by atoms with Crippen LogP contribution in [0.3, 0.4) is 0 Å². The van der Waals surface area contributed by atoms with Crippen LogP contribution < -0.4 is 10.1 Å². The van der Waals surface area contributed by atoms with E-state index in [0.29, 0.717) is 6.61 Å². The zero-order valence-corrected chi connectivity index (χ0v) is 11.0. The van der Waals surface area contributed by atoms with Crippen LogP contribution in [-0.4, -0.2) is 13.2 Å². The minimum atomic E-state index is 0.642. The van der Waals surface area contributed by atoms with Gasteiger partial charge in [-0.05, 0) is 30.2 Å². The third-order valence-electron chi connectivity index (χ3n) is 2.80. The predicted octanol–water partition coefficient (Wildman–Crippen LogP) is 3.91. The van der Waals surface area contributed by atoms with Crippen molar-refractivity contribution < 1.29 is 4.74 Å². The normalized spacial score (nSPS) is 9.89. The number of rotatable bonds is 7. The zero-order chi connectivity index (χ0) is 13.3. The van der Waals surface area contributed by atoms with Gasteiger partial charge in [-0.25, -0.2) is 0 Å². The first-order chi connectivity index (χ1) is 9.40. The summed E-state index contributed by atoms with van der Waals surface area (Å²) in [6, 6.07) is 18.2. The van der Waals surface area contributed by atoms with Crippen LogP contribution in [0.4, 0.5) is 5.69 Å². The molecule has 0 radical (unpaired) electrons. The quantitative estimate of drug-likeness (QED) is 0.596. The Morgan fingerprint density at radius 1 is 1.00 bits per heavy atom. The van der Waals surface area contributed by atoms with Gasteiger partial charge in [0.25, 0.3) is 0 Å². The van der Waals surface area contributed by atoms with Gasteiger partial charge in [0.1, 0.15) is 12.4 Å². The highest BCUT2D eigenvalue weighted by Gasteiger charge is 2.00. The molecule has 2 nitrogen and oxygen atoms in total. The molecule has 1 N–H and O–H groups in total. The lowest BCUT2D eigenvalue weighted by molar-refractivity contribution is 0.330. The van der Waals surface area contributed by atoms with E-state index in [4.69, 9.17) is 4.74 Å². The number of hydrogen-bond acceptors (Lipinski definition) is 2. The summed E-state index contributed by atoms with van der Waals surface area (Å²) in [6.07, 6.45) is 2.73. The minimum Gasteiger partial charge on any atom is -0.491 e. The van der Waals surface area contributed by atoms with E-state index in [1.165, 1.54) is 5.56 Å². The molecule has 0 aliphatic heterocycles. The molecule has 19 heavy (non-hydrogen) atoms. The molecule has 2 aromatic rings. The van der Waals surface area contributed by atoms with Gasteiger partial charge in [-0.3, -0.25) is 0 Å². The van der Waals surface area contributed by atoms with Gasteiger partial charge in [0, 0.05) is 12.2 Å². The molecule has 0 aliphatic rings. The van der Waals surface area contributed by atoms with E-state index in [0.717, 1.165) is 24.4 Å². The molecule has 0 unspecified atom stereocenters. The predicted molar refractivity (Wildman–Crippen MR) is 80.8 cm³/mol. The molecule has 0 bridgehead atoms. The van der Waals surface area contributed by atoms with Crippen molar-refractivity contribution in [2.75, 3.05) is 18.5 Å². The number of anilines is 1. The maximum absolute atomic E-state index is 5.80. The second-order valence-corrected chi connectivity index (χ2v) is 4.24. The lowest BCUT2D eigenvalue weighted by Gasteiger charge is -2.11. The molecule has 0 aromatic heterocycles. The monoisotopic (exact) mass is 253 g/mol. The van der Waals surface area contributed by atoms with Crippen LogP contribution in [0.15, 0.2) is 67.3 Å². The summed E-state index contributed by atoms with van der Waals surface area (Å²) in [5.41, 5.74) is 2.29. The maximum atomic E-state index is 5.80. The van der Waals surface area contributed by atoms with Gasteiger partial charge in [-0.15, -0.1) is 6.58 Å². The number of allylic oxidation sites excluding steroid dienone is 1. The number of hydrogen-bond donors (Lipinski definition) is 1. The molecule has 0 saturated heterocycles. The summed E-state index contributed by atoms with van der Waals surface area (Å²) in [5.74, 6) is 0.942. The molecule has 98 valence electrons. The van der Waals surface area contributed by atoms with Crippen LogP contribution >= 0.6 is 0 Å². The first kappa shape index (κ1) is 13.2. The Balaban J connectivity index is 1.81. The number of para-hydroxylation sites is 2. The zero-order valence-electron chi connectivity index (χ0n) is 11.0. The van der Waals surface area contributed by atoms with Gasteiger partial charge < -0.3 is 10.1 Å².